The van der Waals surface area contributed by atoms with Crippen LogP contribution >= 0.6 is 0 Å². The third-order valence-electron chi connectivity index (χ3n) is 3.56. The first-order chi connectivity index (χ1) is 10.0. The molecule has 1 aliphatic heterocycles. The molecule has 9 heteroatoms. The standard InChI is InChI=1S/C12H20N4O4S/c1-20-12(17)10-3-6-16(7-4-10)21(18,19)15-5-2-11-8-13-9-14-11/h8-10,15H,2-7H2,1H3,(H,13,14). The Bertz CT molecular complexity index is 550. The first-order valence-corrected chi connectivity index (χ1v) is 8.27. The molecular formula is C12H20N4O4S. The lowest BCUT2D eigenvalue weighted by Crippen LogP contribution is -2.46. The van der Waals surface area contributed by atoms with E-state index >= 15 is 0 Å². The number of nitrogens with one attached hydrogen (secondary N) is 2. The fourth-order valence-electron chi connectivity index (χ4n) is 2.33. The van der Waals surface area contributed by atoms with Gasteiger partial charge < -0.3 is 9.72 Å². The van der Waals surface area contributed by atoms with Crippen LogP contribution in [0.25, 0.3) is 0 Å². The maximum Gasteiger partial charge on any atom is 0.308 e. The second kappa shape index (κ2) is 7.01. The Labute approximate surface area is 124 Å². The van der Waals surface area contributed by atoms with Gasteiger partial charge in [-0.3, -0.25) is 4.79 Å². The summed E-state index contributed by atoms with van der Waals surface area (Å²) in [5, 5.41) is 0. The Balaban J connectivity index is 1.79. The van der Waals surface area contributed by atoms with E-state index in [2.05, 4.69) is 19.4 Å². The summed E-state index contributed by atoms with van der Waals surface area (Å²) < 4.78 is 32.9. The number of nitrogens with zero attached hydrogens (tertiary/aromatic N) is 2. The van der Waals surface area contributed by atoms with Crippen molar-refractivity contribution in [2.24, 2.45) is 5.92 Å². The number of hydrogen-bond acceptors (Lipinski definition) is 5. The maximum atomic E-state index is 12.1. The van der Waals surface area contributed by atoms with Crippen molar-refractivity contribution in [3.8, 4) is 0 Å². The van der Waals surface area contributed by atoms with Crippen molar-refractivity contribution < 1.29 is 17.9 Å². The molecule has 21 heavy (non-hydrogen) atoms. The monoisotopic (exact) mass is 316 g/mol. The van der Waals surface area contributed by atoms with E-state index in [1.165, 1.54) is 11.4 Å². The van der Waals surface area contributed by atoms with Gasteiger partial charge in [-0.1, -0.05) is 0 Å². The van der Waals surface area contributed by atoms with Crippen molar-refractivity contribution in [2.75, 3.05) is 26.7 Å². The van der Waals surface area contributed by atoms with E-state index in [4.69, 9.17) is 0 Å². The summed E-state index contributed by atoms with van der Waals surface area (Å²) >= 11 is 0. The number of carbonyl (C=O) groups is 1. The predicted octanol–water partition coefficient (Wildman–Crippen LogP) is -0.328. The smallest absolute Gasteiger partial charge is 0.308 e. The van der Waals surface area contributed by atoms with Crippen LogP contribution in [0.4, 0.5) is 0 Å². The predicted molar refractivity (Wildman–Crippen MR) is 75.5 cm³/mol. The zero-order valence-electron chi connectivity index (χ0n) is 11.9. The zero-order valence-corrected chi connectivity index (χ0v) is 12.7. The first-order valence-electron chi connectivity index (χ1n) is 6.83. The van der Waals surface area contributed by atoms with Crippen LogP contribution in [0.15, 0.2) is 12.5 Å². The van der Waals surface area contributed by atoms with E-state index in [1.54, 1.807) is 12.5 Å². The van der Waals surface area contributed by atoms with Gasteiger partial charge in [0.05, 0.1) is 19.4 Å². The highest BCUT2D eigenvalue weighted by molar-refractivity contribution is 7.87. The van der Waals surface area contributed by atoms with Gasteiger partial charge in [0.15, 0.2) is 0 Å². The molecule has 8 nitrogen and oxygen atoms in total. The molecule has 2 rings (SSSR count). The molecule has 1 saturated heterocycles. The van der Waals surface area contributed by atoms with Crippen LogP contribution in [0.1, 0.15) is 18.5 Å². The normalized spacial score (nSPS) is 17.8. The quantitative estimate of drug-likeness (QED) is 0.699. The Morgan fingerprint density at radius 1 is 1.52 bits per heavy atom. The van der Waals surface area contributed by atoms with Gasteiger partial charge in [0, 0.05) is 37.9 Å². The minimum absolute atomic E-state index is 0.202. The Morgan fingerprint density at radius 2 is 2.24 bits per heavy atom. The lowest BCUT2D eigenvalue weighted by molar-refractivity contribution is -0.146. The van der Waals surface area contributed by atoms with Crippen LogP contribution in [0, 0.1) is 5.92 Å². The number of H-pyrrole nitrogens is 1. The summed E-state index contributed by atoms with van der Waals surface area (Å²) in [6, 6.07) is 0. The van der Waals surface area contributed by atoms with Gasteiger partial charge in [-0.25, -0.2) is 9.71 Å². The molecule has 0 aliphatic carbocycles. The number of rotatable bonds is 6. The number of carbonyl (C=O) groups excluding carboxylic acids is 1. The lowest BCUT2D eigenvalue weighted by Gasteiger charge is -2.29. The molecule has 1 aromatic rings. The minimum Gasteiger partial charge on any atom is -0.469 e. The molecule has 0 spiro atoms. The molecule has 0 bridgehead atoms. The van der Waals surface area contributed by atoms with E-state index in [-0.39, 0.29) is 11.9 Å². The van der Waals surface area contributed by atoms with Crippen LogP contribution in [0.2, 0.25) is 0 Å². The summed E-state index contributed by atoms with van der Waals surface area (Å²) in [5.74, 6) is -0.467. The van der Waals surface area contributed by atoms with Gasteiger partial charge in [0.1, 0.15) is 0 Å². The summed E-state index contributed by atoms with van der Waals surface area (Å²) in [6.07, 6.45) is 4.76. The lowest BCUT2D eigenvalue weighted by atomic mass is 9.99. The topological polar surface area (TPSA) is 104 Å². The van der Waals surface area contributed by atoms with Crippen LogP contribution in [-0.4, -0.2) is 55.4 Å². The molecule has 1 aromatic heterocycles. The van der Waals surface area contributed by atoms with E-state index in [0.717, 1.165) is 5.69 Å². The molecule has 0 unspecified atom stereocenters. The van der Waals surface area contributed by atoms with E-state index in [0.29, 0.717) is 38.9 Å². The highest BCUT2D eigenvalue weighted by Crippen LogP contribution is 2.20. The van der Waals surface area contributed by atoms with Crippen molar-refractivity contribution in [2.45, 2.75) is 19.3 Å². The van der Waals surface area contributed by atoms with Gasteiger partial charge in [0.25, 0.3) is 10.2 Å². The molecule has 1 aliphatic rings. The van der Waals surface area contributed by atoms with Crippen molar-refractivity contribution in [3.05, 3.63) is 18.2 Å². The zero-order chi connectivity index (χ0) is 15.3. The fourth-order valence-corrected chi connectivity index (χ4v) is 3.56. The van der Waals surface area contributed by atoms with Crippen molar-refractivity contribution >= 4 is 16.2 Å². The Morgan fingerprint density at radius 3 is 2.81 bits per heavy atom. The van der Waals surface area contributed by atoms with E-state index < -0.39 is 10.2 Å². The number of imidazole rings is 1. The van der Waals surface area contributed by atoms with Crippen molar-refractivity contribution in [3.63, 3.8) is 0 Å². The second-order valence-corrected chi connectivity index (χ2v) is 6.68. The molecule has 0 amide bonds. The Kier molecular flexibility index (Phi) is 5.32. The van der Waals surface area contributed by atoms with Gasteiger partial charge in [-0.15, -0.1) is 0 Å². The molecule has 2 heterocycles. The van der Waals surface area contributed by atoms with E-state index in [9.17, 15) is 13.2 Å². The van der Waals surface area contributed by atoms with Gasteiger partial charge >= 0.3 is 5.97 Å². The SMILES string of the molecule is COC(=O)C1CCN(S(=O)(=O)NCCc2cnc[nH]2)CC1. The first kappa shape index (κ1) is 15.9. The van der Waals surface area contributed by atoms with Crippen molar-refractivity contribution in [1.82, 2.24) is 19.0 Å². The van der Waals surface area contributed by atoms with Crippen LogP contribution < -0.4 is 4.72 Å². The largest absolute Gasteiger partial charge is 0.469 e. The molecular weight excluding hydrogens is 296 g/mol. The summed E-state index contributed by atoms with van der Waals surface area (Å²) in [5.41, 5.74) is 0.877. The number of aromatic nitrogens is 2. The number of piperidine rings is 1. The van der Waals surface area contributed by atoms with Gasteiger partial charge in [0.2, 0.25) is 0 Å². The fraction of sp³-hybridized carbons (Fsp3) is 0.667. The molecule has 1 fully saturated rings. The van der Waals surface area contributed by atoms with Crippen molar-refractivity contribution in [1.29, 1.82) is 0 Å². The highest BCUT2D eigenvalue weighted by atomic mass is 32.2. The number of ether oxygens (including phenoxy) is 1. The molecule has 0 aromatic carbocycles. The van der Waals surface area contributed by atoms with Crippen LogP contribution in [0.3, 0.4) is 0 Å². The third kappa shape index (κ3) is 4.26. The number of methoxy groups -OCH3 is 1. The summed E-state index contributed by atoms with van der Waals surface area (Å²) in [4.78, 5) is 18.2. The molecule has 0 radical (unpaired) electrons. The van der Waals surface area contributed by atoms with Gasteiger partial charge in [-0.2, -0.15) is 12.7 Å². The number of esters is 1. The number of hydrogen-bond donors (Lipinski definition) is 2. The summed E-state index contributed by atoms with van der Waals surface area (Å²) in [7, 11) is -2.15. The third-order valence-corrected chi connectivity index (χ3v) is 5.18. The highest BCUT2D eigenvalue weighted by Gasteiger charge is 2.31. The average Bonchev–Trinajstić information content (AvgIpc) is 2.99. The van der Waals surface area contributed by atoms with E-state index in [1.807, 2.05) is 0 Å². The van der Waals surface area contributed by atoms with Crippen LogP contribution in [-0.2, 0) is 26.2 Å². The second-order valence-electron chi connectivity index (χ2n) is 4.92. The molecule has 2 N–H and O–H groups in total. The van der Waals surface area contributed by atoms with Gasteiger partial charge in [-0.05, 0) is 12.8 Å². The molecule has 118 valence electrons. The average molecular weight is 316 g/mol. The molecule has 0 atom stereocenters. The number of aromatic amines is 1. The molecule has 0 saturated carbocycles. The maximum absolute atomic E-state index is 12.1. The Hall–Kier alpha value is -1.45. The minimum atomic E-state index is -3.50. The summed E-state index contributed by atoms with van der Waals surface area (Å²) in [6.45, 7) is 0.972. The van der Waals surface area contributed by atoms with Crippen LogP contribution in [0.5, 0.6) is 0 Å².